The van der Waals surface area contributed by atoms with Crippen LogP contribution in [0.4, 0.5) is 0 Å². The minimum Gasteiger partial charge on any atom is -0.462 e. The van der Waals surface area contributed by atoms with Crippen molar-refractivity contribution < 1.29 is 28.6 Å². The summed E-state index contributed by atoms with van der Waals surface area (Å²) < 4.78 is 16.8. The largest absolute Gasteiger partial charge is 0.462 e. The summed E-state index contributed by atoms with van der Waals surface area (Å²) in [5.74, 6) is -0.925. The molecule has 1 unspecified atom stereocenters. The van der Waals surface area contributed by atoms with E-state index in [2.05, 4.69) is 142 Å². The van der Waals surface area contributed by atoms with Crippen molar-refractivity contribution in [3.63, 3.8) is 0 Å². The molecule has 0 saturated carbocycles. The Morgan fingerprint density at radius 2 is 0.520 bits per heavy atom. The van der Waals surface area contributed by atoms with Crippen LogP contribution in [0, 0.1) is 0 Å². The fourth-order valence-electron chi connectivity index (χ4n) is 8.31. The number of ether oxygens (including phenoxy) is 3. The zero-order valence-corrected chi connectivity index (χ0v) is 48.8. The second-order valence-electron chi connectivity index (χ2n) is 20.2. The van der Waals surface area contributed by atoms with E-state index in [4.69, 9.17) is 14.2 Å². The van der Waals surface area contributed by atoms with E-state index in [1.54, 1.807) is 0 Å². The van der Waals surface area contributed by atoms with Gasteiger partial charge in [-0.15, -0.1) is 0 Å². The van der Waals surface area contributed by atoms with Gasteiger partial charge in [0.15, 0.2) is 6.10 Å². The molecule has 0 saturated heterocycles. The van der Waals surface area contributed by atoms with Gasteiger partial charge in [-0.3, -0.25) is 14.4 Å². The first-order valence-corrected chi connectivity index (χ1v) is 31.0. The van der Waals surface area contributed by atoms with Crippen LogP contribution in [0.15, 0.2) is 122 Å². The summed E-state index contributed by atoms with van der Waals surface area (Å²) in [6, 6.07) is 0. The molecule has 0 aromatic heterocycles. The van der Waals surface area contributed by atoms with Crippen molar-refractivity contribution >= 4 is 17.9 Å². The van der Waals surface area contributed by atoms with Gasteiger partial charge in [0.25, 0.3) is 0 Å². The molecule has 0 amide bonds. The van der Waals surface area contributed by atoms with E-state index in [1.807, 2.05) is 0 Å². The molecule has 0 fully saturated rings. The van der Waals surface area contributed by atoms with E-state index < -0.39 is 6.10 Å². The lowest BCUT2D eigenvalue weighted by atomic mass is 10.1. The maximum absolute atomic E-state index is 12.8. The molecule has 0 bridgehead atoms. The molecule has 75 heavy (non-hydrogen) atoms. The molecule has 0 aliphatic rings. The molecule has 0 aliphatic carbocycles. The van der Waals surface area contributed by atoms with E-state index in [1.165, 1.54) is 109 Å². The van der Waals surface area contributed by atoms with Gasteiger partial charge < -0.3 is 14.2 Å². The van der Waals surface area contributed by atoms with Crippen molar-refractivity contribution in [1.82, 2.24) is 0 Å². The van der Waals surface area contributed by atoms with Gasteiger partial charge in [-0.1, -0.05) is 264 Å². The summed E-state index contributed by atoms with van der Waals surface area (Å²) in [5.41, 5.74) is 0. The van der Waals surface area contributed by atoms with E-state index in [0.717, 1.165) is 128 Å². The molecule has 0 N–H and O–H groups in total. The van der Waals surface area contributed by atoms with Crippen LogP contribution in [-0.4, -0.2) is 37.2 Å². The smallest absolute Gasteiger partial charge is 0.306 e. The normalized spacial score (nSPS) is 12.9. The topological polar surface area (TPSA) is 78.9 Å². The third kappa shape index (κ3) is 60.6. The third-order valence-electron chi connectivity index (χ3n) is 13.0. The van der Waals surface area contributed by atoms with Gasteiger partial charge in [0.1, 0.15) is 13.2 Å². The summed E-state index contributed by atoms with van der Waals surface area (Å²) in [6.45, 7) is 6.45. The highest BCUT2D eigenvalue weighted by molar-refractivity contribution is 5.71. The van der Waals surface area contributed by atoms with Gasteiger partial charge >= 0.3 is 17.9 Å². The average Bonchev–Trinajstić information content (AvgIpc) is 3.41. The second kappa shape index (κ2) is 62.4. The minimum atomic E-state index is -0.792. The first kappa shape index (κ1) is 70.8. The van der Waals surface area contributed by atoms with Gasteiger partial charge in [0.05, 0.1) is 0 Å². The first-order valence-electron chi connectivity index (χ1n) is 31.0. The van der Waals surface area contributed by atoms with Crippen molar-refractivity contribution in [2.45, 2.75) is 284 Å². The zero-order chi connectivity index (χ0) is 54.3. The lowest BCUT2D eigenvalue weighted by molar-refractivity contribution is -0.167. The fourth-order valence-corrected chi connectivity index (χ4v) is 8.31. The highest BCUT2D eigenvalue weighted by atomic mass is 16.6. The summed E-state index contributed by atoms with van der Waals surface area (Å²) in [6.07, 6.45) is 86.5. The lowest BCUT2D eigenvalue weighted by Crippen LogP contribution is -2.30. The first-order chi connectivity index (χ1) is 37.0. The van der Waals surface area contributed by atoms with Crippen molar-refractivity contribution in [2.75, 3.05) is 13.2 Å². The highest BCUT2D eigenvalue weighted by Gasteiger charge is 2.19. The Labute approximate surface area is 462 Å². The molecule has 0 aromatic rings. The molecule has 0 aromatic carbocycles. The highest BCUT2D eigenvalue weighted by Crippen LogP contribution is 2.15. The fraction of sp³-hybridized carbons (Fsp3) is 0.667. The number of hydrogen-bond donors (Lipinski definition) is 0. The Morgan fingerprint density at radius 3 is 0.813 bits per heavy atom. The Bertz CT molecular complexity index is 1570. The quantitative estimate of drug-likeness (QED) is 0.0261. The maximum atomic E-state index is 12.8. The summed E-state index contributed by atoms with van der Waals surface area (Å²) in [5, 5.41) is 0. The van der Waals surface area contributed by atoms with E-state index in [0.29, 0.717) is 19.3 Å². The predicted octanol–water partition coefficient (Wildman–Crippen LogP) is 21.2. The summed E-state index contributed by atoms with van der Waals surface area (Å²) >= 11 is 0. The molecule has 0 rings (SSSR count). The third-order valence-corrected chi connectivity index (χ3v) is 13.0. The van der Waals surface area contributed by atoms with E-state index in [9.17, 15) is 14.4 Å². The average molecular weight is 1040 g/mol. The molecule has 0 spiro atoms. The molecule has 6 nitrogen and oxygen atoms in total. The summed E-state index contributed by atoms with van der Waals surface area (Å²) in [7, 11) is 0. The molecular weight excluding hydrogens is 925 g/mol. The Kier molecular flexibility index (Phi) is 58.9. The number of allylic oxidation sites excluding steroid dienone is 20. The van der Waals surface area contributed by atoms with Crippen LogP contribution in [0.5, 0.6) is 0 Å². The van der Waals surface area contributed by atoms with E-state index >= 15 is 0 Å². The van der Waals surface area contributed by atoms with Crippen molar-refractivity contribution in [3.8, 4) is 0 Å². The van der Waals surface area contributed by atoms with E-state index in [-0.39, 0.29) is 31.1 Å². The monoisotopic (exact) mass is 1040 g/mol. The number of hydrogen-bond acceptors (Lipinski definition) is 6. The van der Waals surface area contributed by atoms with Gasteiger partial charge in [-0.2, -0.15) is 0 Å². The number of esters is 3. The predicted molar refractivity (Wildman–Crippen MR) is 325 cm³/mol. The molecule has 0 aliphatic heterocycles. The molecule has 426 valence electrons. The van der Waals surface area contributed by atoms with Gasteiger partial charge in [-0.05, 0) is 116 Å². The number of carbonyl (C=O) groups excluding carboxylic acids is 3. The minimum absolute atomic E-state index is 0.0892. The zero-order valence-electron chi connectivity index (χ0n) is 48.8. The maximum Gasteiger partial charge on any atom is 0.306 e. The van der Waals surface area contributed by atoms with Crippen LogP contribution in [-0.2, 0) is 28.6 Å². The van der Waals surface area contributed by atoms with Crippen LogP contribution in [0.25, 0.3) is 0 Å². The summed E-state index contributed by atoms with van der Waals surface area (Å²) in [4.78, 5) is 38.0. The number of carbonyl (C=O) groups is 3. The van der Waals surface area contributed by atoms with Crippen LogP contribution >= 0.6 is 0 Å². The SMILES string of the molecule is CC/C=C\C/C=C\C/C=C\C/C=C\C/C=C\C/C=C\C/C=C\C/C=C\CCCCCCC(=O)OCC(COC(=O)CCCCCCCCC)OC(=O)CCCCCCCCCCC/C=C\C/C=C\CCCCCCC. The molecule has 1 atom stereocenters. The Balaban J connectivity index is 4.25. The molecule has 0 heterocycles. The van der Waals surface area contributed by atoms with Crippen LogP contribution < -0.4 is 0 Å². The standard InChI is InChI=1S/C69H114O6/c1-4-7-10-13-16-18-20-22-24-26-28-30-31-32-33-34-35-36-37-39-40-42-44-46-48-50-53-56-59-62-68(71)74-65-66(64-73-67(70)61-58-55-52-15-12-9-6-3)75-69(72)63-60-57-54-51-49-47-45-43-41-38-29-27-25-23-21-19-17-14-11-8-5-2/h7,10,16,18,21-24,27-30,32-33,35-36,39-40,44,46,66H,4-6,8-9,11-15,17,19-20,25-26,31,34,37-38,41-43,45,47-65H2,1-3H3/b10-7-,18-16-,23-21-,24-22-,29-27-,30-28-,33-32-,36-35-,40-39-,46-44-. The Morgan fingerprint density at radius 1 is 0.280 bits per heavy atom. The molecule has 6 heteroatoms. The van der Waals surface area contributed by atoms with Gasteiger partial charge in [0, 0.05) is 19.3 Å². The van der Waals surface area contributed by atoms with Crippen LogP contribution in [0.3, 0.4) is 0 Å². The van der Waals surface area contributed by atoms with Crippen molar-refractivity contribution in [2.24, 2.45) is 0 Å². The molecular formula is C69H114O6. The van der Waals surface area contributed by atoms with Crippen LogP contribution in [0.2, 0.25) is 0 Å². The van der Waals surface area contributed by atoms with Gasteiger partial charge in [0.2, 0.25) is 0 Å². The van der Waals surface area contributed by atoms with Gasteiger partial charge in [-0.25, -0.2) is 0 Å². The number of unbranched alkanes of at least 4 members (excludes halogenated alkanes) is 24. The molecule has 0 radical (unpaired) electrons. The Hall–Kier alpha value is -4.19. The second-order valence-corrected chi connectivity index (χ2v) is 20.2. The van der Waals surface area contributed by atoms with Crippen molar-refractivity contribution in [1.29, 1.82) is 0 Å². The lowest BCUT2D eigenvalue weighted by Gasteiger charge is -2.18. The van der Waals surface area contributed by atoms with Crippen LogP contribution in [0.1, 0.15) is 278 Å². The van der Waals surface area contributed by atoms with Crippen molar-refractivity contribution in [3.05, 3.63) is 122 Å². The number of rotatable bonds is 55.